The van der Waals surface area contributed by atoms with Gasteiger partial charge in [0.1, 0.15) is 0 Å². The van der Waals surface area contributed by atoms with Crippen molar-refractivity contribution in [3.8, 4) is 0 Å². The molecule has 0 aromatic heterocycles. The molecule has 1 heterocycles. The van der Waals surface area contributed by atoms with Gasteiger partial charge >= 0.3 is 0 Å². The minimum absolute atomic E-state index is 0.104. The molecule has 0 aliphatic carbocycles. The quantitative estimate of drug-likeness (QED) is 0.904. The van der Waals surface area contributed by atoms with E-state index in [0.717, 1.165) is 25.6 Å². The van der Waals surface area contributed by atoms with Crippen LogP contribution in [0.5, 0.6) is 0 Å². The molecule has 2 unspecified atom stereocenters. The van der Waals surface area contributed by atoms with E-state index >= 15 is 0 Å². The van der Waals surface area contributed by atoms with Crippen molar-refractivity contribution in [1.29, 1.82) is 0 Å². The summed E-state index contributed by atoms with van der Waals surface area (Å²) in [6.45, 7) is 6.77. The summed E-state index contributed by atoms with van der Waals surface area (Å²) in [7, 11) is 4.37. The number of nitrogens with two attached hydrogens (primary N) is 1. The molecule has 3 heteroatoms. The standard InChI is InChI=1S/C18H31N3/c1-5-15-6-8-16(9-7-15)18(19)14(2)21-12-10-17(11-13-21)20(3)4/h6-9,14,17-18H,5,10-13,19H2,1-4H3. The van der Waals surface area contributed by atoms with Gasteiger partial charge in [-0.2, -0.15) is 0 Å². The molecule has 1 aliphatic rings. The molecule has 0 spiro atoms. The van der Waals surface area contributed by atoms with Gasteiger partial charge in [-0.05, 0) is 64.5 Å². The lowest BCUT2D eigenvalue weighted by Gasteiger charge is -2.40. The van der Waals surface area contributed by atoms with Crippen LogP contribution < -0.4 is 5.73 Å². The maximum atomic E-state index is 6.50. The van der Waals surface area contributed by atoms with E-state index in [-0.39, 0.29) is 6.04 Å². The van der Waals surface area contributed by atoms with Crippen LogP contribution in [0.2, 0.25) is 0 Å². The summed E-state index contributed by atoms with van der Waals surface area (Å²) in [5, 5.41) is 0. The molecule has 0 bridgehead atoms. The van der Waals surface area contributed by atoms with Crippen molar-refractivity contribution < 1.29 is 0 Å². The minimum atomic E-state index is 0.104. The summed E-state index contributed by atoms with van der Waals surface area (Å²) in [5.41, 5.74) is 9.14. The Morgan fingerprint density at radius 2 is 1.76 bits per heavy atom. The Labute approximate surface area is 130 Å². The van der Waals surface area contributed by atoms with Gasteiger partial charge < -0.3 is 10.6 Å². The van der Waals surface area contributed by atoms with Gasteiger partial charge in [0.2, 0.25) is 0 Å². The van der Waals surface area contributed by atoms with Crippen LogP contribution in [-0.2, 0) is 6.42 Å². The van der Waals surface area contributed by atoms with E-state index < -0.39 is 0 Å². The van der Waals surface area contributed by atoms with Crippen molar-refractivity contribution >= 4 is 0 Å². The van der Waals surface area contributed by atoms with Crippen LogP contribution in [0.25, 0.3) is 0 Å². The predicted octanol–water partition coefficient (Wildman–Crippen LogP) is 2.66. The highest BCUT2D eigenvalue weighted by atomic mass is 15.2. The summed E-state index contributed by atoms with van der Waals surface area (Å²) in [6.07, 6.45) is 3.58. The Balaban J connectivity index is 1.94. The number of rotatable bonds is 5. The Bertz CT molecular complexity index is 419. The van der Waals surface area contributed by atoms with E-state index in [4.69, 9.17) is 5.73 Å². The van der Waals surface area contributed by atoms with Crippen molar-refractivity contribution in [3.63, 3.8) is 0 Å². The largest absolute Gasteiger partial charge is 0.323 e. The first-order chi connectivity index (χ1) is 10.0. The van der Waals surface area contributed by atoms with Crippen molar-refractivity contribution in [2.45, 2.75) is 51.2 Å². The monoisotopic (exact) mass is 289 g/mol. The van der Waals surface area contributed by atoms with E-state index in [9.17, 15) is 0 Å². The third kappa shape index (κ3) is 4.06. The molecule has 0 saturated carbocycles. The Hall–Kier alpha value is -0.900. The van der Waals surface area contributed by atoms with Gasteiger partial charge in [-0.3, -0.25) is 4.90 Å². The molecule has 21 heavy (non-hydrogen) atoms. The van der Waals surface area contributed by atoms with Gasteiger partial charge in [-0.1, -0.05) is 31.2 Å². The zero-order valence-corrected chi connectivity index (χ0v) is 14.0. The third-order valence-corrected chi connectivity index (χ3v) is 5.10. The smallest absolute Gasteiger partial charge is 0.0450 e. The first-order valence-electron chi connectivity index (χ1n) is 8.27. The molecule has 0 amide bonds. The van der Waals surface area contributed by atoms with Crippen molar-refractivity contribution in [3.05, 3.63) is 35.4 Å². The van der Waals surface area contributed by atoms with Gasteiger partial charge in [0, 0.05) is 18.1 Å². The second kappa shape index (κ2) is 7.39. The molecule has 2 rings (SSSR count). The fourth-order valence-corrected chi connectivity index (χ4v) is 3.29. The van der Waals surface area contributed by atoms with Crippen LogP contribution in [0.4, 0.5) is 0 Å². The van der Waals surface area contributed by atoms with Crippen LogP contribution in [0.3, 0.4) is 0 Å². The predicted molar refractivity (Wildman–Crippen MR) is 90.5 cm³/mol. The molecule has 1 fully saturated rings. The molecule has 1 aliphatic heterocycles. The molecule has 1 aromatic rings. The molecule has 1 aromatic carbocycles. The summed E-state index contributed by atoms with van der Waals surface area (Å²) in [6, 6.07) is 10.1. The van der Waals surface area contributed by atoms with Crippen molar-refractivity contribution in [2.75, 3.05) is 27.2 Å². The molecule has 3 nitrogen and oxygen atoms in total. The van der Waals surface area contributed by atoms with Gasteiger partial charge in [0.05, 0.1) is 0 Å². The van der Waals surface area contributed by atoms with E-state index in [1.54, 1.807) is 0 Å². The van der Waals surface area contributed by atoms with Crippen LogP contribution in [0.15, 0.2) is 24.3 Å². The van der Waals surface area contributed by atoms with Gasteiger partial charge in [0.25, 0.3) is 0 Å². The maximum Gasteiger partial charge on any atom is 0.0450 e. The zero-order chi connectivity index (χ0) is 15.4. The first-order valence-corrected chi connectivity index (χ1v) is 8.27. The highest BCUT2D eigenvalue weighted by Crippen LogP contribution is 2.23. The molecule has 118 valence electrons. The van der Waals surface area contributed by atoms with Crippen molar-refractivity contribution in [2.24, 2.45) is 5.73 Å². The summed E-state index contributed by atoms with van der Waals surface area (Å²) in [4.78, 5) is 4.91. The van der Waals surface area contributed by atoms with E-state index in [1.807, 2.05) is 0 Å². The Kier molecular flexibility index (Phi) is 5.80. The SMILES string of the molecule is CCc1ccc(C(N)C(C)N2CCC(N(C)C)CC2)cc1. The maximum absolute atomic E-state index is 6.50. The second-order valence-corrected chi connectivity index (χ2v) is 6.59. The highest BCUT2D eigenvalue weighted by molar-refractivity contribution is 5.25. The van der Waals surface area contributed by atoms with E-state index in [0.29, 0.717) is 6.04 Å². The summed E-state index contributed by atoms with van der Waals surface area (Å²) in [5.74, 6) is 0. The molecule has 2 N–H and O–H groups in total. The van der Waals surface area contributed by atoms with Gasteiger partial charge in [0.15, 0.2) is 0 Å². The molecule has 1 saturated heterocycles. The van der Waals surface area contributed by atoms with Crippen molar-refractivity contribution in [1.82, 2.24) is 9.80 Å². The van der Waals surface area contributed by atoms with Gasteiger partial charge in [-0.25, -0.2) is 0 Å². The Morgan fingerprint density at radius 1 is 1.19 bits per heavy atom. The fraction of sp³-hybridized carbons (Fsp3) is 0.667. The summed E-state index contributed by atoms with van der Waals surface area (Å²) >= 11 is 0. The molecular formula is C18H31N3. The molecular weight excluding hydrogens is 258 g/mol. The number of piperidine rings is 1. The molecule has 2 atom stereocenters. The number of aryl methyl sites for hydroxylation is 1. The second-order valence-electron chi connectivity index (χ2n) is 6.59. The fourth-order valence-electron chi connectivity index (χ4n) is 3.29. The normalized spacial score (nSPS) is 20.7. The number of hydrogen-bond donors (Lipinski definition) is 1. The van der Waals surface area contributed by atoms with Crippen LogP contribution in [-0.4, -0.2) is 49.1 Å². The lowest BCUT2D eigenvalue weighted by atomic mass is 9.95. The summed E-state index contributed by atoms with van der Waals surface area (Å²) < 4.78 is 0. The van der Waals surface area contributed by atoms with E-state index in [2.05, 4.69) is 62.0 Å². The first kappa shape index (κ1) is 16.5. The average molecular weight is 289 g/mol. The van der Waals surface area contributed by atoms with Gasteiger partial charge in [-0.15, -0.1) is 0 Å². The number of hydrogen-bond acceptors (Lipinski definition) is 3. The van der Waals surface area contributed by atoms with Crippen LogP contribution in [0, 0.1) is 0 Å². The Morgan fingerprint density at radius 3 is 2.24 bits per heavy atom. The van der Waals surface area contributed by atoms with Crippen LogP contribution >= 0.6 is 0 Å². The lowest BCUT2D eigenvalue weighted by Crippen LogP contribution is -2.48. The topological polar surface area (TPSA) is 32.5 Å². The molecule has 0 radical (unpaired) electrons. The van der Waals surface area contributed by atoms with E-state index in [1.165, 1.54) is 24.0 Å². The highest BCUT2D eigenvalue weighted by Gasteiger charge is 2.27. The minimum Gasteiger partial charge on any atom is -0.323 e. The zero-order valence-electron chi connectivity index (χ0n) is 14.0. The number of likely N-dealkylation sites (tertiary alicyclic amines) is 1. The number of nitrogens with zero attached hydrogens (tertiary/aromatic N) is 2. The number of benzene rings is 1. The third-order valence-electron chi connectivity index (χ3n) is 5.10. The van der Waals surface area contributed by atoms with Crippen LogP contribution in [0.1, 0.15) is 43.9 Å². The average Bonchev–Trinajstić information content (AvgIpc) is 2.53. The lowest BCUT2D eigenvalue weighted by molar-refractivity contribution is 0.103.